The molecule has 0 atom stereocenters. The number of thioether (sulfide) groups is 1. The van der Waals surface area contributed by atoms with Crippen molar-refractivity contribution in [1.29, 1.82) is 0 Å². The number of nitrogens with zero attached hydrogens (tertiary/aromatic N) is 3. The zero-order valence-electron chi connectivity index (χ0n) is 15.1. The number of ether oxygens (including phenoxy) is 2. The number of methoxy groups -OCH3 is 1. The molecule has 10 heteroatoms. The lowest BCUT2D eigenvalue weighted by molar-refractivity contribution is 0.0526. The molecule has 0 amide bonds. The second kappa shape index (κ2) is 9.35. The van der Waals surface area contributed by atoms with Crippen LogP contribution in [0.5, 0.6) is 5.75 Å². The Bertz CT molecular complexity index is 997. The third-order valence-electron chi connectivity index (χ3n) is 3.58. The lowest BCUT2D eigenvalue weighted by Gasteiger charge is -2.06. The van der Waals surface area contributed by atoms with E-state index in [2.05, 4.69) is 30.9 Å². The predicted octanol–water partition coefficient (Wildman–Crippen LogP) is 4.42. The normalized spacial score (nSPS) is 10.7. The monoisotopic (exact) mass is 480 g/mol. The van der Waals surface area contributed by atoms with Crippen LogP contribution in [-0.2, 0) is 10.5 Å². The number of benzene rings is 1. The van der Waals surface area contributed by atoms with Crippen LogP contribution in [0, 0.1) is 0 Å². The highest BCUT2D eigenvalue weighted by molar-refractivity contribution is 9.10. The van der Waals surface area contributed by atoms with E-state index in [1.807, 2.05) is 23.6 Å². The van der Waals surface area contributed by atoms with E-state index in [4.69, 9.17) is 15.2 Å². The summed E-state index contributed by atoms with van der Waals surface area (Å²) in [7, 11) is 1.64. The fourth-order valence-corrected chi connectivity index (χ4v) is 4.32. The molecule has 2 heterocycles. The SMILES string of the molecule is CCOC(=O)c1cnc(SCc2csc(-c3cc(Br)ccc3OC)n2)nc1N. The third-order valence-corrected chi connectivity index (χ3v) is 5.90. The third kappa shape index (κ3) is 4.81. The highest BCUT2D eigenvalue weighted by Gasteiger charge is 2.15. The minimum atomic E-state index is -0.524. The molecule has 0 saturated carbocycles. The van der Waals surface area contributed by atoms with Crippen LogP contribution < -0.4 is 10.5 Å². The predicted molar refractivity (Wildman–Crippen MR) is 114 cm³/mol. The summed E-state index contributed by atoms with van der Waals surface area (Å²) in [5, 5.41) is 3.32. The van der Waals surface area contributed by atoms with E-state index in [9.17, 15) is 4.79 Å². The Hall–Kier alpha value is -2.17. The number of thiazole rings is 1. The largest absolute Gasteiger partial charge is 0.496 e. The molecule has 28 heavy (non-hydrogen) atoms. The molecular weight excluding hydrogens is 464 g/mol. The number of nitrogen functional groups attached to an aromatic ring is 1. The molecule has 0 spiro atoms. The summed E-state index contributed by atoms with van der Waals surface area (Å²) in [5.41, 5.74) is 7.84. The Kier molecular flexibility index (Phi) is 6.87. The van der Waals surface area contributed by atoms with Gasteiger partial charge in [-0.3, -0.25) is 0 Å². The quantitative estimate of drug-likeness (QED) is 0.301. The summed E-state index contributed by atoms with van der Waals surface area (Å²) in [5.74, 6) is 0.922. The van der Waals surface area contributed by atoms with Crippen LogP contribution in [-0.4, -0.2) is 34.6 Å². The molecule has 0 saturated heterocycles. The lowest BCUT2D eigenvalue weighted by atomic mass is 10.2. The second-order valence-electron chi connectivity index (χ2n) is 5.45. The maximum atomic E-state index is 11.8. The summed E-state index contributed by atoms with van der Waals surface area (Å²) in [4.78, 5) is 24.8. The fraction of sp³-hybridized carbons (Fsp3) is 0.222. The van der Waals surface area contributed by atoms with E-state index < -0.39 is 5.97 Å². The number of carbonyl (C=O) groups excluding carboxylic acids is 1. The first-order valence-electron chi connectivity index (χ1n) is 8.22. The van der Waals surface area contributed by atoms with Crippen LogP contribution in [0.1, 0.15) is 23.0 Å². The van der Waals surface area contributed by atoms with Crippen LogP contribution in [0.2, 0.25) is 0 Å². The first kappa shape index (κ1) is 20.6. The number of anilines is 1. The lowest BCUT2D eigenvalue weighted by Crippen LogP contribution is -2.10. The molecule has 2 N–H and O–H groups in total. The van der Waals surface area contributed by atoms with Crippen molar-refractivity contribution in [3.05, 3.63) is 45.5 Å². The zero-order valence-corrected chi connectivity index (χ0v) is 18.4. The number of halogens is 1. The number of aromatic nitrogens is 3. The van der Waals surface area contributed by atoms with Gasteiger partial charge in [-0.25, -0.2) is 19.7 Å². The molecule has 0 fully saturated rings. The summed E-state index contributed by atoms with van der Waals surface area (Å²) in [6, 6.07) is 5.80. The van der Waals surface area contributed by atoms with Crippen molar-refractivity contribution in [1.82, 2.24) is 15.0 Å². The van der Waals surface area contributed by atoms with Crippen molar-refractivity contribution in [3.8, 4) is 16.3 Å². The first-order chi connectivity index (χ1) is 13.5. The molecule has 0 aliphatic carbocycles. The Balaban J connectivity index is 1.71. The molecule has 3 rings (SSSR count). The van der Waals surface area contributed by atoms with Crippen molar-refractivity contribution in [2.24, 2.45) is 0 Å². The van der Waals surface area contributed by atoms with Gasteiger partial charge in [0.05, 0.1) is 25.0 Å². The number of rotatable bonds is 7. The number of hydrogen-bond donors (Lipinski definition) is 1. The average Bonchev–Trinajstić information content (AvgIpc) is 3.15. The van der Waals surface area contributed by atoms with Gasteiger partial charge in [-0.2, -0.15) is 0 Å². The molecular formula is C18H17BrN4O3S2. The highest BCUT2D eigenvalue weighted by atomic mass is 79.9. The Labute approximate surface area is 178 Å². The molecule has 0 radical (unpaired) electrons. The smallest absolute Gasteiger partial charge is 0.343 e. The Morgan fingerprint density at radius 2 is 2.18 bits per heavy atom. The maximum absolute atomic E-state index is 11.8. The van der Waals surface area contributed by atoms with E-state index in [1.54, 1.807) is 14.0 Å². The first-order valence-corrected chi connectivity index (χ1v) is 10.9. The number of esters is 1. The van der Waals surface area contributed by atoms with Gasteiger partial charge in [0.2, 0.25) is 0 Å². The van der Waals surface area contributed by atoms with E-state index in [-0.39, 0.29) is 18.0 Å². The maximum Gasteiger partial charge on any atom is 0.343 e. The fourth-order valence-electron chi connectivity index (χ4n) is 2.30. The van der Waals surface area contributed by atoms with Crippen LogP contribution in [0.15, 0.2) is 39.4 Å². The highest BCUT2D eigenvalue weighted by Crippen LogP contribution is 2.35. The van der Waals surface area contributed by atoms with Crippen molar-refractivity contribution in [2.45, 2.75) is 17.8 Å². The van der Waals surface area contributed by atoms with Crippen molar-refractivity contribution < 1.29 is 14.3 Å². The summed E-state index contributed by atoms with van der Waals surface area (Å²) < 4.78 is 11.3. The van der Waals surface area contributed by atoms with Crippen LogP contribution in [0.4, 0.5) is 5.82 Å². The average molecular weight is 481 g/mol. The minimum absolute atomic E-state index is 0.105. The number of hydrogen-bond acceptors (Lipinski definition) is 9. The molecule has 0 aliphatic rings. The van der Waals surface area contributed by atoms with Gasteiger partial charge >= 0.3 is 5.97 Å². The molecule has 7 nitrogen and oxygen atoms in total. The number of nitrogens with two attached hydrogens (primary N) is 1. The molecule has 3 aromatic rings. The van der Waals surface area contributed by atoms with E-state index >= 15 is 0 Å². The zero-order chi connectivity index (χ0) is 20.1. The van der Waals surface area contributed by atoms with Crippen molar-refractivity contribution in [3.63, 3.8) is 0 Å². The summed E-state index contributed by atoms with van der Waals surface area (Å²) >= 11 is 6.41. The van der Waals surface area contributed by atoms with Gasteiger partial charge in [-0.05, 0) is 25.1 Å². The topological polar surface area (TPSA) is 100 Å². The molecule has 0 unspecified atom stereocenters. The summed E-state index contributed by atoms with van der Waals surface area (Å²) in [6.45, 7) is 1.99. The molecule has 0 aliphatic heterocycles. The van der Waals surface area contributed by atoms with Gasteiger partial charge in [0.15, 0.2) is 5.16 Å². The van der Waals surface area contributed by atoms with Gasteiger partial charge in [0, 0.05) is 21.8 Å². The van der Waals surface area contributed by atoms with Gasteiger partial charge in [0.1, 0.15) is 22.1 Å². The van der Waals surface area contributed by atoms with Crippen LogP contribution >= 0.6 is 39.0 Å². The van der Waals surface area contributed by atoms with Gasteiger partial charge in [0.25, 0.3) is 0 Å². The van der Waals surface area contributed by atoms with Crippen LogP contribution in [0.25, 0.3) is 10.6 Å². The summed E-state index contributed by atoms with van der Waals surface area (Å²) in [6.07, 6.45) is 1.39. The Morgan fingerprint density at radius 1 is 1.36 bits per heavy atom. The standard InChI is InChI=1S/C18H17BrN4O3S2/c1-3-26-17(24)13-7-21-18(23-15(13)20)28-9-11-8-27-16(22-11)12-6-10(19)4-5-14(12)25-2/h4-8H,3,9H2,1-2H3,(H2,20,21,23). The van der Waals surface area contributed by atoms with Gasteiger partial charge in [-0.1, -0.05) is 27.7 Å². The van der Waals surface area contributed by atoms with Crippen molar-refractivity contribution in [2.75, 3.05) is 19.5 Å². The molecule has 1 aromatic carbocycles. The van der Waals surface area contributed by atoms with E-state index in [1.165, 1.54) is 29.3 Å². The van der Waals surface area contributed by atoms with E-state index in [0.717, 1.165) is 26.5 Å². The van der Waals surface area contributed by atoms with Crippen molar-refractivity contribution >= 4 is 50.8 Å². The number of carbonyl (C=O) groups is 1. The minimum Gasteiger partial charge on any atom is -0.496 e. The van der Waals surface area contributed by atoms with E-state index in [0.29, 0.717) is 10.9 Å². The second-order valence-corrected chi connectivity index (χ2v) is 8.17. The molecule has 0 bridgehead atoms. The van der Waals surface area contributed by atoms with Crippen LogP contribution in [0.3, 0.4) is 0 Å². The molecule has 2 aromatic heterocycles. The Morgan fingerprint density at radius 3 is 2.89 bits per heavy atom. The van der Waals surface area contributed by atoms with Gasteiger partial charge < -0.3 is 15.2 Å². The molecule has 146 valence electrons. The van der Waals surface area contributed by atoms with Gasteiger partial charge in [-0.15, -0.1) is 11.3 Å².